The molecule has 0 aliphatic carbocycles. The molecule has 2 atom stereocenters. The number of nitrogens with zero attached hydrogens (tertiary/aromatic N) is 4. The van der Waals surface area contributed by atoms with Crippen LogP contribution < -0.4 is 10.8 Å². The number of methoxy groups -OCH3 is 1. The number of urea groups is 1. The number of alkyl carbamates (subject to hydrolysis) is 1. The van der Waals surface area contributed by atoms with Gasteiger partial charge in [0.05, 0.1) is 26.0 Å². The van der Waals surface area contributed by atoms with Crippen LogP contribution in [-0.4, -0.2) is 76.3 Å². The van der Waals surface area contributed by atoms with Crippen molar-refractivity contribution in [2.45, 2.75) is 45.8 Å². The Morgan fingerprint density at radius 1 is 1.05 bits per heavy atom. The van der Waals surface area contributed by atoms with E-state index in [0.717, 1.165) is 29.7 Å². The zero-order valence-electron chi connectivity index (χ0n) is 23.4. The molecule has 2 N–H and O–H groups in total. The number of carbonyl (C=O) groups is 3. The zero-order chi connectivity index (χ0) is 28.4. The molecule has 1 fully saturated rings. The Kier molecular flexibility index (Phi) is 7.82. The first kappa shape index (κ1) is 27.3. The molecule has 11 heteroatoms. The minimum absolute atomic E-state index is 0.0858. The molecular weight excluding hydrogens is 507 g/mol. The van der Waals surface area contributed by atoms with Crippen LogP contribution in [0.4, 0.5) is 9.59 Å². The van der Waals surface area contributed by atoms with Gasteiger partial charge in [-0.2, -0.15) is 0 Å². The molecule has 1 saturated heterocycles. The summed E-state index contributed by atoms with van der Waals surface area (Å²) in [6.45, 7) is 7.26. The SMILES string of the molecule is CBc1ccc(-c2c[nH]c(C3CN(C(=O)N4Cc5ccccc5C4)CN3C(=O)[C@@H](NC(=O)OC)C(C)C)n2)cc1. The molecule has 4 amide bonds. The molecule has 40 heavy (non-hydrogen) atoms. The summed E-state index contributed by atoms with van der Waals surface area (Å²) in [6.07, 6.45) is 1.15. The van der Waals surface area contributed by atoms with Gasteiger partial charge in [0.1, 0.15) is 17.9 Å². The number of aromatic nitrogens is 2. The number of amides is 4. The Balaban J connectivity index is 1.42. The third kappa shape index (κ3) is 5.41. The van der Waals surface area contributed by atoms with Gasteiger partial charge in [0.15, 0.2) is 7.28 Å². The van der Waals surface area contributed by atoms with Crippen molar-refractivity contribution in [1.29, 1.82) is 0 Å². The van der Waals surface area contributed by atoms with E-state index in [1.54, 1.807) is 14.7 Å². The standard InChI is InChI=1S/C29H35BN6O4/c1-18(2)25(33-28(38)40-4)27(37)36-17-35(29(39)34-14-20-7-5-6-8-21(20)15-34)16-24(36)26-31-13-23(32-26)19-9-11-22(30-3)12-10-19/h5-13,18,24-25,30H,14-17H2,1-4H3,(H,31,32)(H,33,38)/t24?,25-/m0/s1. The number of hydrogen-bond acceptors (Lipinski definition) is 5. The van der Waals surface area contributed by atoms with Crippen LogP contribution in [0, 0.1) is 5.92 Å². The molecule has 2 aromatic carbocycles. The van der Waals surface area contributed by atoms with Crippen molar-refractivity contribution in [1.82, 2.24) is 30.0 Å². The molecule has 2 aliphatic heterocycles. The second-order valence-corrected chi connectivity index (χ2v) is 10.7. The van der Waals surface area contributed by atoms with Crippen LogP contribution in [0.15, 0.2) is 54.7 Å². The van der Waals surface area contributed by atoms with Crippen LogP contribution in [0.2, 0.25) is 6.82 Å². The van der Waals surface area contributed by atoms with Crippen molar-refractivity contribution in [2.24, 2.45) is 5.92 Å². The maximum absolute atomic E-state index is 13.9. The molecule has 10 nitrogen and oxygen atoms in total. The number of rotatable bonds is 6. The van der Waals surface area contributed by atoms with E-state index in [-0.39, 0.29) is 31.1 Å². The molecule has 0 spiro atoms. The number of ether oxygens (including phenoxy) is 1. The molecule has 0 radical (unpaired) electrons. The molecule has 5 rings (SSSR count). The first-order valence-corrected chi connectivity index (χ1v) is 13.7. The van der Waals surface area contributed by atoms with Crippen molar-refractivity contribution in [3.8, 4) is 11.3 Å². The lowest BCUT2D eigenvalue weighted by Crippen LogP contribution is -2.52. The summed E-state index contributed by atoms with van der Waals surface area (Å²) >= 11 is 0. The van der Waals surface area contributed by atoms with Gasteiger partial charge in [-0.25, -0.2) is 14.6 Å². The number of fused-ring (bicyclic) bond motifs is 1. The third-order valence-electron chi connectivity index (χ3n) is 7.72. The molecule has 1 aromatic heterocycles. The first-order valence-electron chi connectivity index (χ1n) is 13.7. The summed E-state index contributed by atoms with van der Waals surface area (Å²) < 4.78 is 4.77. The molecule has 2 aliphatic rings. The van der Waals surface area contributed by atoms with Gasteiger partial charge in [0.25, 0.3) is 0 Å². The minimum atomic E-state index is -0.822. The van der Waals surface area contributed by atoms with Gasteiger partial charge < -0.3 is 29.7 Å². The minimum Gasteiger partial charge on any atom is -0.453 e. The van der Waals surface area contributed by atoms with E-state index in [1.165, 1.54) is 12.6 Å². The van der Waals surface area contributed by atoms with Crippen molar-refractivity contribution in [3.63, 3.8) is 0 Å². The highest BCUT2D eigenvalue weighted by molar-refractivity contribution is 6.51. The summed E-state index contributed by atoms with van der Waals surface area (Å²) in [6, 6.07) is 14.8. The van der Waals surface area contributed by atoms with Gasteiger partial charge in [-0.15, -0.1) is 0 Å². The van der Waals surface area contributed by atoms with Crippen LogP contribution in [0.25, 0.3) is 11.3 Å². The average Bonchev–Trinajstić information content (AvgIpc) is 3.73. The smallest absolute Gasteiger partial charge is 0.407 e. The van der Waals surface area contributed by atoms with Crippen LogP contribution >= 0.6 is 0 Å². The maximum Gasteiger partial charge on any atom is 0.407 e. The van der Waals surface area contributed by atoms with Crippen LogP contribution in [0.1, 0.15) is 36.8 Å². The largest absolute Gasteiger partial charge is 0.453 e. The number of hydrogen-bond donors (Lipinski definition) is 2. The lowest BCUT2D eigenvalue weighted by Gasteiger charge is -2.29. The Labute approximate surface area is 234 Å². The van der Waals surface area contributed by atoms with Gasteiger partial charge in [0, 0.05) is 24.8 Å². The van der Waals surface area contributed by atoms with E-state index in [9.17, 15) is 14.4 Å². The van der Waals surface area contributed by atoms with E-state index in [4.69, 9.17) is 9.72 Å². The lowest BCUT2D eigenvalue weighted by atomic mass is 9.73. The summed E-state index contributed by atoms with van der Waals surface area (Å²) in [5.74, 6) is 0.0912. The predicted molar refractivity (Wildman–Crippen MR) is 153 cm³/mol. The van der Waals surface area contributed by atoms with Crippen molar-refractivity contribution < 1.29 is 19.1 Å². The normalized spacial score (nSPS) is 17.1. The summed E-state index contributed by atoms with van der Waals surface area (Å²) in [5, 5.41) is 2.67. The molecular formula is C29H35BN6O4. The van der Waals surface area contributed by atoms with Crippen molar-refractivity contribution in [2.75, 3.05) is 20.3 Å². The van der Waals surface area contributed by atoms with E-state index in [2.05, 4.69) is 29.3 Å². The van der Waals surface area contributed by atoms with Crippen LogP contribution in [-0.2, 0) is 22.6 Å². The monoisotopic (exact) mass is 542 g/mol. The van der Waals surface area contributed by atoms with E-state index < -0.39 is 18.2 Å². The molecule has 1 unspecified atom stereocenters. The predicted octanol–water partition coefficient (Wildman–Crippen LogP) is 2.85. The van der Waals surface area contributed by atoms with Gasteiger partial charge in [0.2, 0.25) is 5.91 Å². The molecule has 3 heterocycles. The molecule has 3 aromatic rings. The fourth-order valence-electron chi connectivity index (χ4n) is 5.36. The molecule has 0 bridgehead atoms. The Hall–Kier alpha value is -4.28. The average molecular weight is 542 g/mol. The fourth-order valence-corrected chi connectivity index (χ4v) is 5.36. The lowest BCUT2D eigenvalue weighted by molar-refractivity contribution is -0.135. The summed E-state index contributed by atoms with van der Waals surface area (Å²) in [4.78, 5) is 52.8. The fraction of sp³-hybridized carbons (Fsp3) is 0.379. The van der Waals surface area contributed by atoms with Crippen molar-refractivity contribution >= 4 is 30.8 Å². The van der Waals surface area contributed by atoms with Crippen LogP contribution in [0.5, 0.6) is 0 Å². The van der Waals surface area contributed by atoms with E-state index in [0.29, 0.717) is 18.9 Å². The summed E-state index contributed by atoms with van der Waals surface area (Å²) in [7, 11) is 2.22. The van der Waals surface area contributed by atoms with Crippen molar-refractivity contribution in [3.05, 3.63) is 71.7 Å². The molecule has 0 saturated carbocycles. The number of aromatic amines is 1. The highest BCUT2D eigenvalue weighted by Gasteiger charge is 2.43. The Morgan fingerprint density at radius 2 is 1.73 bits per heavy atom. The third-order valence-corrected chi connectivity index (χ3v) is 7.72. The van der Waals surface area contributed by atoms with Gasteiger partial charge in [-0.05, 0) is 17.0 Å². The number of nitrogens with one attached hydrogen (secondary N) is 2. The molecule has 208 valence electrons. The Bertz CT molecular complexity index is 1370. The first-order chi connectivity index (χ1) is 19.3. The topological polar surface area (TPSA) is 111 Å². The maximum atomic E-state index is 13.9. The quantitative estimate of drug-likeness (QED) is 0.466. The summed E-state index contributed by atoms with van der Waals surface area (Å²) in [5.41, 5.74) is 5.23. The van der Waals surface area contributed by atoms with E-state index in [1.807, 2.05) is 56.4 Å². The highest BCUT2D eigenvalue weighted by Crippen LogP contribution is 2.32. The zero-order valence-corrected chi connectivity index (χ0v) is 23.4. The second-order valence-electron chi connectivity index (χ2n) is 10.7. The number of imidazole rings is 1. The van der Waals surface area contributed by atoms with Gasteiger partial charge in [-0.3, -0.25) is 4.79 Å². The number of benzene rings is 2. The van der Waals surface area contributed by atoms with E-state index >= 15 is 0 Å². The highest BCUT2D eigenvalue weighted by atomic mass is 16.5. The van der Waals surface area contributed by atoms with Gasteiger partial charge >= 0.3 is 12.1 Å². The second kappa shape index (κ2) is 11.5. The van der Waals surface area contributed by atoms with Crippen LogP contribution in [0.3, 0.4) is 0 Å². The number of carbonyl (C=O) groups excluding carboxylic acids is 3. The Morgan fingerprint density at radius 3 is 2.33 bits per heavy atom. The number of H-pyrrole nitrogens is 1. The van der Waals surface area contributed by atoms with Gasteiger partial charge in [-0.1, -0.05) is 74.7 Å².